The molecule has 1 heterocycles. The third kappa shape index (κ3) is 6.99. The second-order valence-electron chi connectivity index (χ2n) is 9.11. The molecular weight excluding hydrogens is 533 g/mol. The van der Waals surface area contributed by atoms with Crippen LogP contribution >= 0.6 is 0 Å². The monoisotopic (exact) mass is 563 g/mol. The van der Waals surface area contributed by atoms with Crippen molar-refractivity contribution in [3.8, 4) is 16.9 Å². The van der Waals surface area contributed by atoms with Crippen molar-refractivity contribution in [1.82, 2.24) is 14.1 Å². The number of rotatable bonds is 11. The molecular formula is C29H30FN5O4S. The van der Waals surface area contributed by atoms with Gasteiger partial charge in [0.1, 0.15) is 11.6 Å². The average molecular weight is 564 g/mol. The van der Waals surface area contributed by atoms with E-state index in [0.717, 1.165) is 16.3 Å². The van der Waals surface area contributed by atoms with Crippen LogP contribution in [0.3, 0.4) is 0 Å². The summed E-state index contributed by atoms with van der Waals surface area (Å²) >= 11 is 0. The standard InChI is InChI=1S/C29H30FN5O4S/c1-3-4-18-34(40(38,39)26-16-12-24(13-17-26)31-21(2)36)20-29(37)32-28-19-27(22-8-6-5-7-9-22)33-35(28)25-14-10-23(30)11-15-25/h5-17,19H,3-4,18,20H2,1-2H3,(H,31,36)(H,32,37). The van der Waals surface area contributed by atoms with E-state index in [1.165, 1.54) is 60.1 Å². The third-order valence-electron chi connectivity index (χ3n) is 6.01. The van der Waals surface area contributed by atoms with Gasteiger partial charge in [-0.05, 0) is 55.0 Å². The zero-order chi connectivity index (χ0) is 28.7. The fourth-order valence-electron chi connectivity index (χ4n) is 4.02. The highest BCUT2D eigenvalue weighted by atomic mass is 32.2. The van der Waals surface area contributed by atoms with E-state index in [0.29, 0.717) is 29.3 Å². The first kappa shape index (κ1) is 28.7. The summed E-state index contributed by atoms with van der Waals surface area (Å²) in [6, 6.07) is 22.5. The number of hydrogen-bond acceptors (Lipinski definition) is 5. The Morgan fingerprint density at radius 3 is 2.25 bits per heavy atom. The molecule has 0 spiro atoms. The molecule has 40 heavy (non-hydrogen) atoms. The minimum Gasteiger partial charge on any atom is -0.326 e. The van der Waals surface area contributed by atoms with Crippen LogP contribution in [0.25, 0.3) is 16.9 Å². The van der Waals surface area contributed by atoms with Crippen molar-refractivity contribution in [1.29, 1.82) is 0 Å². The summed E-state index contributed by atoms with van der Waals surface area (Å²) in [7, 11) is -4.02. The van der Waals surface area contributed by atoms with Crippen LogP contribution < -0.4 is 10.6 Å². The normalized spacial score (nSPS) is 11.4. The number of nitrogens with zero attached hydrogens (tertiary/aromatic N) is 3. The molecule has 208 valence electrons. The SMILES string of the molecule is CCCCN(CC(=O)Nc1cc(-c2ccccc2)nn1-c1ccc(F)cc1)S(=O)(=O)c1ccc(NC(C)=O)cc1. The summed E-state index contributed by atoms with van der Waals surface area (Å²) in [5, 5.41) is 10.00. The van der Waals surface area contributed by atoms with Gasteiger partial charge in [0, 0.05) is 30.8 Å². The second-order valence-corrected chi connectivity index (χ2v) is 11.1. The topological polar surface area (TPSA) is 113 Å². The van der Waals surface area contributed by atoms with E-state index in [4.69, 9.17) is 0 Å². The number of anilines is 2. The first-order valence-electron chi connectivity index (χ1n) is 12.8. The molecule has 11 heteroatoms. The summed E-state index contributed by atoms with van der Waals surface area (Å²) in [5.74, 6) is -0.931. The number of hydrogen-bond donors (Lipinski definition) is 2. The molecule has 3 aromatic carbocycles. The quantitative estimate of drug-likeness (QED) is 0.265. The number of halogens is 1. The molecule has 0 aliphatic rings. The predicted molar refractivity (Wildman–Crippen MR) is 152 cm³/mol. The number of benzene rings is 3. The lowest BCUT2D eigenvalue weighted by molar-refractivity contribution is -0.116. The van der Waals surface area contributed by atoms with Gasteiger partial charge >= 0.3 is 0 Å². The molecule has 0 atom stereocenters. The molecule has 4 aromatic rings. The molecule has 0 bridgehead atoms. The highest BCUT2D eigenvalue weighted by molar-refractivity contribution is 7.89. The van der Waals surface area contributed by atoms with Crippen LogP contribution in [0.4, 0.5) is 15.9 Å². The van der Waals surface area contributed by atoms with Gasteiger partial charge in [0.25, 0.3) is 0 Å². The average Bonchev–Trinajstić information content (AvgIpc) is 3.35. The van der Waals surface area contributed by atoms with Crippen LogP contribution in [0.5, 0.6) is 0 Å². The van der Waals surface area contributed by atoms with Crippen molar-refractivity contribution in [3.63, 3.8) is 0 Å². The highest BCUT2D eigenvalue weighted by Crippen LogP contribution is 2.25. The van der Waals surface area contributed by atoms with Gasteiger partial charge in [0.05, 0.1) is 22.8 Å². The Balaban J connectivity index is 1.60. The van der Waals surface area contributed by atoms with Crippen molar-refractivity contribution < 1.29 is 22.4 Å². The van der Waals surface area contributed by atoms with Crippen molar-refractivity contribution in [2.45, 2.75) is 31.6 Å². The van der Waals surface area contributed by atoms with E-state index in [1.54, 1.807) is 6.07 Å². The maximum Gasteiger partial charge on any atom is 0.243 e. The lowest BCUT2D eigenvalue weighted by atomic mass is 10.2. The largest absolute Gasteiger partial charge is 0.326 e. The molecule has 2 amide bonds. The van der Waals surface area contributed by atoms with Gasteiger partial charge in [0.2, 0.25) is 21.8 Å². The fraction of sp³-hybridized carbons (Fsp3) is 0.207. The Kier molecular flexibility index (Phi) is 9.08. The van der Waals surface area contributed by atoms with Gasteiger partial charge < -0.3 is 10.6 Å². The van der Waals surface area contributed by atoms with Crippen LogP contribution in [0.15, 0.2) is 89.8 Å². The Morgan fingerprint density at radius 1 is 0.950 bits per heavy atom. The molecule has 0 aliphatic carbocycles. The van der Waals surface area contributed by atoms with Gasteiger partial charge in [-0.3, -0.25) is 9.59 Å². The molecule has 2 N–H and O–H groups in total. The number of unbranched alkanes of at least 4 members (excludes halogenated alkanes) is 1. The molecule has 0 saturated heterocycles. The molecule has 0 unspecified atom stereocenters. The van der Waals surface area contributed by atoms with Crippen molar-refractivity contribution >= 4 is 33.3 Å². The van der Waals surface area contributed by atoms with Crippen LogP contribution in [0, 0.1) is 5.82 Å². The molecule has 0 radical (unpaired) electrons. The number of amides is 2. The number of carbonyl (C=O) groups excluding carboxylic acids is 2. The van der Waals surface area contributed by atoms with Gasteiger partial charge in [0.15, 0.2) is 0 Å². The predicted octanol–water partition coefficient (Wildman–Crippen LogP) is 5.07. The minimum atomic E-state index is -4.02. The smallest absolute Gasteiger partial charge is 0.243 e. The second kappa shape index (κ2) is 12.7. The highest BCUT2D eigenvalue weighted by Gasteiger charge is 2.27. The summed E-state index contributed by atoms with van der Waals surface area (Å²) in [4.78, 5) is 24.6. The molecule has 0 saturated carbocycles. The maximum atomic E-state index is 13.6. The Morgan fingerprint density at radius 2 is 1.62 bits per heavy atom. The lowest BCUT2D eigenvalue weighted by Gasteiger charge is -2.22. The van der Waals surface area contributed by atoms with Crippen LogP contribution in [-0.4, -0.2) is 47.4 Å². The number of aromatic nitrogens is 2. The van der Waals surface area contributed by atoms with E-state index >= 15 is 0 Å². The van der Waals surface area contributed by atoms with Gasteiger partial charge in [-0.2, -0.15) is 9.40 Å². The van der Waals surface area contributed by atoms with Crippen molar-refractivity contribution in [2.75, 3.05) is 23.7 Å². The number of sulfonamides is 1. The van der Waals surface area contributed by atoms with Crippen LogP contribution in [0.1, 0.15) is 26.7 Å². The summed E-state index contributed by atoms with van der Waals surface area (Å²) < 4.78 is 43.1. The minimum absolute atomic E-state index is 0.00761. The Hall–Kier alpha value is -4.35. The maximum absolute atomic E-state index is 13.6. The first-order chi connectivity index (χ1) is 19.2. The van der Waals surface area contributed by atoms with Crippen LogP contribution in [-0.2, 0) is 19.6 Å². The van der Waals surface area contributed by atoms with E-state index < -0.39 is 28.3 Å². The molecule has 0 fully saturated rings. The summed E-state index contributed by atoms with van der Waals surface area (Å²) in [5.41, 5.74) is 2.38. The first-order valence-corrected chi connectivity index (χ1v) is 14.2. The molecule has 0 aliphatic heterocycles. The third-order valence-corrected chi connectivity index (χ3v) is 7.87. The van der Waals surface area contributed by atoms with E-state index in [1.807, 2.05) is 37.3 Å². The lowest BCUT2D eigenvalue weighted by Crippen LogP contribution is -2.38. The molecule has 1 aromatic heterocycles. The zero-order valence-corrected chi connectivity index (χ0v) is 23.0. The van der Waals surface area contributed by atoms with Gasteiger partial charge in [-0.1, -0.05) is 43.7 Å². The summed E-state index contributed by atoms with van der Waals surface area (Å²) in [6.07, 6.45) is 1.29. The van der Waals surface area contributed by atoms with Gasteiger partial charge in [-0.15, -0.1) is 0 Å². The Bertz CT molecular complexity index is 1570. The van der Waals surface area contributed by atoms with Gasteiger partial charge in [-0.25, -0.2) is 17.5 Å². The van der Waals surface area contributed by atoms with E-state index in [2.05, 4.69) is 15.7 Å². The van der Waals surface area contributed by atoms with Crippen molar-refractivity contribution in [2.24, 2.45) is 0 Å². The number of nitrogens with one attached hydrogen (secondary N) is 2. The zero-order valence-electron chi connectivity index (χ0n) is 22.2. The fourth-order valence-corrected chi connectivity index (χ4v) is 5.46. The summed E-state index contributed by atoms with van der Waals surface area (Å²) in [6.45, 7) is 3.01. The molecule has 4 rings (SSSR count). The van der Waals surface area contributed by atoms with E-state index in [-0.39, 0.29) is 17.3 Å². The van der Waals surface area contributed by atoms with Crippen LogP contribution in [0.2, 0.25) is 0 Å². The van der Waals surface area contributed by atoms with E-state index in [9.17, 15) is 22.4 Å². The van der Waals surface area contributed by atoms with Crippen molar-refractivity contribution in [3.05, 3.63) is 90.7 Å². The molecule has 9 nitrogen and oxygen atoms in total. The Labute approximate surface area is 232 Å². The number of carbonyl (C=O) groups is 2.